The number of morpholine rings is 1. The quantitative estimate of drug-likeness (QED) is 0.900. The lowest BCUT2D eigenvalue weighted by atomic mass is 10.2. The molecule has 0 unspecified atom stereocenters. The maximum absolute atomic E-state index is 5.76. The maximum atomic E-state index is 5.76. The van der Waals surface area contributed by atoms with E-state index in [-0.39, 0.29) is 12.2 Å². The first kappa shape index (κ1) is 16.4. The van der Waals surface area contributed by atoms with Gasteiger partial charge in [0.1, 0.15) is 5.82 Å². The third-order valence-corrected chi connectivity index (χ3v) is 3.84. The SMILES string of the molecule is COc1ccnc(NCc2ccc(N3C[C@@H](C)O[C@@H](C)C3)nc2)n1. The molecule has 0 amide bonds. The van der Waals surface area contributed by atoms with Gasteiger partial charge in [-0.25, -0.2) is 9.97 Å². The molecule has 1 N–H and O–H groups in total. The topological polar surface area (TPSA) is 72.4 Å². The Morgan fingerprint density at radius 1 is 1.21 bits per heavy atom. The predicted molar refractivity (Wildman–Crippen MR) is 92.4 cm³/mol. The van der Waals surface area contributed by atoms with Crippen molar-refractivity contribution in [3.8, 4) is 5.88 Å². The Balaban J connectivity index is 1.60. The smallest absolute Gasteiger partial charge is 0.226 e. The molecule has 3 rings (SSSR count). The highest BCUT2D eigenvalue weighted by molar-refractivity contribution is 5.41. The number of nitrogens with one attached hydrogen (secondary N) is 1. The number of pyridine rings is 1. The summed E-state index contributed by atoms with van der Waals surface area (Å²) in [5, 5.41) is 3.17. The van der Waals surface area contributed by atoms with Crippen molar-refractivity contribution in [3.63, 3.8) is 0 Å². The van der Waals surface area contributed by atoms with Gasteiger partial charge in [-0.15, -0.1) is 0 Å². The molecule has 1 aliphatic rings. The summed E-state index contributed by atoms with van der Waals surface area (Å²) < 4.78 is 10.9. The van der Waals surface area contributed by atoms with Crippen LogP contribution in [0.2, 0.25) is 0 Å². The summed E-state index contributed by atoms with van der Waals surface area (Å²) >= 11 is 0. The fourth-order valence-electron chi connectivity index (χ4n) is 2.80. The van der Waals surface area contributed by atoms with Crippen LogP contribution in [0, 0.1) is 0 Å². The average Bonchev–Trinajstić information content (AvgIpc) is 2.60. The second kappa shape index (κ2) is 7.44. The fraction of sp³-hybridized carbons (Fsp3) is 0.471. The van der Waals surface area contributed by atoms with E-state index in [1.54, 1.807) is 19.4 Å². The predicted octanol–water partition coefficient (Wildman–Crippen LogP) is 2.11. The first-order valence-electron chi connectivity index (χ1n) is 8.10. The summed E-state index contributed by atoms with van der Waals surface area (Å²) in [6.07, 6.45) is 3.99. The molecule has 0 aromatic carbocycles. The highest BCUT2D eigenvalue weighted by atomic mass is 16.5. The lowest BCUT2D eigenvalue weighted by Crippen LogP contribution is -2.45. The molecular weight excluding hydrogens is 306 g/mol. The fourth-order valence-corrected chi connectivity index (χ4v) is 2.80. The monoisotopic (exact) mass is 329 g/mol. The van der Waals surface area contributed by atoms with Crippen molar-refractivity contribution in [1.29, 1.82) is 0 Å². The second-order valence-electron chi connectivity index (χ2n) is 5.96. The number of rotatable bonds is 5. The van der Waals surface area contributed by atoms with Crippen molar-refractivity contribution >= 4 is 11.8 Å². The highest BCUT2D eigenvalue weighted by Crippen LogP contribution is 2.18. The molecule has 1 saturated heterocycles. The zero-order chi connectivity index (χ0) is 16.9. The molecule has 2 aromatic heterocycles. The van der Waals surface area contributed by atoms with E-state index in [2.05, 4.69) is 45.1 Å². The van der Waals surface area contributed by atoms with Gasteiger partial charge in [-0.05, 0) is 25.5 Å². The van der Waals surface area contributed by atoms with Gasteiger partial charge in [0.15, 0.2) is 0 Å². The van der Waals surface area contributed by atoms with Crippen LogP contribution in [0.3, 0.4) is 0 Å². The molecule has 2 atom stereocenters. The van der Waals surface area contributed by atoms with Crippen molar-refractivity contribution in [1.82, 2.24) is 15.0 Å². The molecule has 128 valence electrons. The molecule has 3 heterocycles. The standard InChI is InChI=1S/C17H23N5O2/c1-12-10-22(11-13(2)24-12)15-5-4-14(8-19-15)9-20-17-18-7-6-16(21-17)23-3/h4-8,12-13H,9-11H2,1-3H3,(H,18,20,21)/t12-,13+. The highest BCUT2D eigenvalue weighted by Gasteiger charge is 2.22. The van der Waals surface area contributed by atoms with Gasteiger partial charge in [-0.2, -0.15) is 4.98 Å². The molecule has 7 nitrogen and oxygen atoms in total. The van der Waals surface area contributed by atoms with Crippen LogP contribution < -0.4 is 15.0 Å². The molecule has 0 radical (unpaired) electrons. The molecule has 7 heteroatoms. The summed E-state index contributed by atoms with van der Waals surface area (Å²) in [5.74, 6) is 2.06. The Morgan fingerprint density at radius 2 is 2.00 bits per heavy atom. The average molecular weight is 329 g/mol. The van der Waals surface area contributed by atoms with Crippen LogP contribution in [0.4, 0.5) is 11.8 Å². The molecule has 1 fully saturated rings. The summed E-state index contributed by atoms with van der Waals surface area (Å²) in [6, 6.07) is 5.83. The number of methoxy groups -OCH3 is 1. The second-order valence-corrected chi connectivity index (χ2v) is 5.96. The van der Waals surface area contributed by atoms with Crippen LogP contribution in [0.15, 0.2) is 30.6 Å². The van der Waals surface area contributed by atoms with Gasteiger partial charge < -0.3 is 19.7 Å². The van der Waals surface area contributed by atoms with Crippen molar-refractivity contribution in [2.45, 2.75) is 32.6 Å². The van der Waals surface area contributed by atoms with Crippen molar-refractivity contribution < 1.29 is 9.47 Å². The molecular formula is C17H23N5O2. The summed E-state index contributed by atoms with van der Waals surface area (Å²) in [7, 11) is 1.59. The van der Waals surface area contributed by atoms with Gasteiger partial charge in [0.25, 0.3) is 0 Å². The number of aromatic nitrogens is 3. The van der Waals surface area contributed by atoms with Gasteiger partial charge >= 0.3 is 0 Å². The van der Waals surface area contributed by atoms with E-state index < -0.39 is 0 Å². The lowest BCUT2D eigenvalue weighted by molar-refractivity contribution is -0.00545. The molecule has 0 spiro atoms. The third-order valence-electron chi connectivity index (χ3n) is 3.84. The van der Waals surface area contributed by atoms with E-state index in [1.807, 2.05) is 12.3 Å². The van der Waals surface area contributed by atoms with Crippen LogP contribution in [0.25, 0.3) is 0 Å². The van der Waals surface area contributed by atoms with Crippen LogP contribution in [0.1, 0.15) is 19.4 Å². The van der Waals surface area contributed by atoms with E-state index in [4.69, 9.17) is 9.47 Å². The van der Waals surface area contributed by atoms with Gasteiger partial charge in [0, 0.05) is 38.1 Å². The lowest BCUT2D eigenvalue weighted by Gasteiger charge is -2.36. The third kappa shape index (κ3) is 4.11. The van der Waals surface area contributed by atoms with Crippen molar-refractivity contribution in [2.75, 3.05) is 30.4 Å². The summed E-state index contributed by atoms with van der Waals surface area (Å²) in [4.78, 5) is 15.2. The maximum Gasteiger partial charge on any atom is 0.226 e. The van der Waals surface area contributed by atoms with E-state index in [1.165, 1.54) is 0 Å². The number of hydrogen-bond donors (Lipinski definition) is 1. The van der Waals surface area contributed by atoms with Crippen LogP contribution in [-0.2, 0) is 11.3 Å². The number of ether oxygens (including phenoxy) is 2. The minimum absolute atomic E-state index is 0.224. The minimum atomic E-state index is 0.224. The van der Waals surface area contributed by atoms with Gasteiger partial charge in [0.05, 0.1) is 19.3 Å². The first-order chi connectivity index (χ1) is 11.6. The summed E-state index contributed by atoms with van der Waals surface area (Å²) in [6.45, 7) is 6.53. The Hall–Kier alpha value is -2.41. The molecule has 24 heavy (non-hydrogen) atoms. The Kier molecular flexibility index (Phi) is 5.10. The van der Waals surface area contributed by atoms with Crippen LogP contribution in [-0.4, -0.2) is 47.4 Å². The largest absolute Gasteiger partial charge is 0.481 e. The van der Waals surface area contributed by atoms with Gasteiger partial charge in [-0.1, -0.05) is 6.07 Å². The van der Waals surface area contributed by atoms with Crippen molar-refractivity contribution in [3.05, 3.63) is 36.2 Å². The number of anilines is 2. The Bertz CT molecular complexity index is 654. The normalized spacial score (nSPS) is 20.7. The van der Waals surface area contributed by atoms with E-state index in [0.717, 1.165) is 24.5 Å². The zero-order valence-electron chi connectivity index (χ0n) is 14.3. The Morgan fingerprint density at radius 3 is 2.67 bits per heavy atom. The number of nitrogens with zero attached hydrogens (tertiary/aromatic N) is 4. The van der Waals surface area contributed by atoms with E-state index >= 15 is 0 Å². The Labute approximate surface area is 142 Å². The minimum Gasteiger partial charge on any atom is -0.481 e. The molecule has 0 bridgehead atoms. The zero-order valence-corrected chi connectivity index (χ0v) is 14.3. The molecule has 0 saturated carbocycles. The van der Waals surface area contributed by atoms with E-state index in [9.17, 15) is 0 Å². The summed E-state index contributed by atoms with van der Waals surface area (Å²) in [5.41, 5.74) is 1.07. The van der Waals surface area contributed by atoms with E-state index in [0.29, 0.717) is 18.4 Å². The molecule has 0 aliphatic carbocycles. The van der Waals surface area contributed by atoms with Gasteiger partial charge in [0.2, 0.25) is 11.8 Å². The van der Waals surface area contributed by atoms with Crippen LogP contribution >= 0.6 is 0 Å². The van der Waals surface area contributed by atoms with Crippen molar-refractivity contribution in [2.24, 2.45) is 0 Å². The first-order valence-corrected chi connectivity index (χ1v) is 8.10. The molecule has 2 aromatic rings. The number of hydrogen-bond acceptors (Lipinski definition) is 7. The van der Waals surface area contributed by atoms with Crippen LogP contribution in [0.5, 0.6) is 5.88 Å². The molecule has 1 aliphatic heterocycles. The van der Waals surface area contributed by atoms with Gasteiger partial charge in [-0.3, -0.25) is 0 Å².